The molecule has 0 spiro atoms. The van der Waals surface area contributed by atoms with Crippen LogP contribution < -0.4 is 15.5 Å². The second-order valence-corrected chi connectivity index (χ2v) is 5.05. The SMILES string of the molecule is CCOC(=O)c1cccc(NC(=S)NCC[NH+](C)C)c1. The molecule has 0 saturated carbocycles. The number of hydrogen-bond donors (Lipinski definition) is 3. The number of carbonyl (C=O) groups excluding carboxylic acids is 1. The lowest BCUT2D eigenvalue weighted by atomic mass is 10.2. The predicted molar refractivity (Wildman–Crippen MR) is 84.3 cm³/mol. The molecular weight excluding hydrogens is 274 g/mol. The molecule has 5 nitrogen and oxygen atoms in total. The molecule has 0 saturated heterocycles. The van der Waals surface area contributed by atoms with E-state index in [2.05, 4.69) is 24.7 Å². The summed E-state index contributed by atoms with van der Waals surface area (Å²) < 4.78 is 4.96. The molecule has 0 aliphatic carbocycles. The predicted octanol–water partition coefficient (Wildman–Crippen LogP) is 0.294. The lowest BCUT2D eigenvalue weighted by Crippen LogP contribution is -3.06. The smallest absolute Gasteiger partial charge is 0.338 e. The Balaban J connectivity index is 2.53. The second kappa shape index (κ2) is 8.50. The molecule has 0 atom stereocenters. The molecule has 0 amide bonds. The molecule has 1 aromatic carbocycles. The van der Waals surface area contributed by atoms with Gasteiger partial charge in [0, 0.05) is 5.69 Å². The van der Waals surface area contributed by atoms with Crippen molar-refractivity contribution >= 4 is 29.0 Å². The maximum absolute atomic E-state index is 11.6. The van der Waals surface area contributed by atoms with E-state index < -0.39 is 0 Å². The molecule has 3 N–H and O–H groups in total. The van der Waals surface area contributed by atoms with Crippen LogP contribution in [0.5, 0.6) is 0 Å². The molecule has 0 aromatic heterocycles. The van der Waals surface area contributed by atoms with Gasteiger partial charge in [-0.25, -0.2) is 4.79 Å². The number of hydrogen-bond acceptors (Lipinski definition) is 3. The van der Waals surface area contributed by atoms with Crippen molar-refractivity contribution in [3.63, 3.8) is 0 Å². The van der Waals surface area contributed by atoms with E-state index in [0.717, 1.165) is 18.8 Å². The highest BCUT2D eigenvalue weighted by Gasteiger charge is 2.07. The molecule has 6 heteroatoms. The molecule has 0 aliphatic rings. The lowest BCUT2D eigenvalue weighted by molar-refractivity contribution is -0.856. The fourth-order valence-electron chi connectivity index (χ4n) is 1.54. The number of benzene rings is 1. The van der Waals surface area contributed by atoms with Gasteiger partial charge < -0.3 is 20.3 Å². The lowest BCUT2D eigenvalue weighted by Gasteiger charge is -2.12. The third-order valence-corrected chi connectivity index (χ3v) is 2.79. The molecule has 0 heterocycles. The van der Waals surface area contributed by atoms with Crippen LogP contribution in [0.1, 0.15) is 17.3 Å². The summed E-state index contributed by atoms with van der Waals surface area (Å²) in [5.41, 5.74) is 1.28. The van der Waals surface area contributed by atoms with Crippen LogP contribution in [0.25, 0.3) is 0 Å². The minimum atomic E-state index is -0.328. The van der Waals surface area contributed by atoms with Crippen LogP contribution in [-0.4, -0.2) is 44.9 Å². The zero-order chi connectivity index (χ0) is 15.0. The van der Waals surface area contributed by atoms with E-state index >= 15 is 0 Å². The molecule has 110 valence electrons. The van der Waals surface area contributed by atoms with Gasteiger partial charge in [0.1, 0.15) is 0 Å². The Bertz CT molecular complexity index is 463. The fourth-order valence-corrected chi connectivity index (χ4v) is 1.76. The highest BCUT2D eigenvalue weighted by molar-refractivity contribution is 7.80. The van der Waals surface area contributed by atoms with Crippen molar-refractivity contribution < 1.29 is 14.4 Å². The number of likely N-dealkylation sites (N-methyl/N-ethyl adjacent to an activating group) is 1. The number of carbonyl (C=O) groups is 1. The topological polar surface area (TPSA) is 54.8 Å². The number of anilines is 1. The number of esters is 1. The molecule has 0 unspecified atom stereocenters. The van der Waals surface area contributed by atoms with Crippen molar-refractivity contribution in [1.82, 2.24) is 5.32 Å². The van der Waals surface area contributed by atoms with Crippen LogP contribution >= 0.6 is 12.2 Å². The van der Waals surface area contributed by atoms with E-state index in [1.165, 1.54) is 4.90 Å². The zero-order valence-corrected chi connectivity index (χ0v) is 13.0. The van der Waals surface area contributed by atoms with Gasteiger partial charge in [-0.05, 0) is 37.3 Å². The van der Waals surface area contributed by atoms with Gasteiger partial charge in [-0.1, -0.05) is 6.07 Å². The van der Waals surface area contributed by atoms with Crippen LogP contribution in [0.3, 0.4) is 0 Å². The number of thiocarbonyl (C=S) groups is 1. The molecule has 0 bridgehead atoms. The largest absolute Gasteiger partial charge is 0.462 e. The van der Waals surface area contributed by atoms with Gasteiger partial charge in [-0.15, -0.1) is 0 Å². The maximum atomic E-state index is 11.6. The van der Waals surface area contributed by atoms with Gasteiger partial charge in [-0.2, -0.15) is 0 Å². The average Bonchev–Trinajstić information content (AvgIpc) is 2.38. The van der Waals surface area contributed by atoms with Gasteiger partial charge in [0.2, 0.25) is 0 Å². The zero-order valence-electron chi connectivity index (χ0n) is 12.2. The van der Waals surface area contributed by atoms with E-state index in [4.69, 9.17) is 17.0 Å². The average molecular weight is 296 g/mol. The first-order valence-electron chi connectivity index (χ1n) is 6.64. The van der Waals surface area contributed by atoms with Gasteiger partial charge in [-0.3, -0.25) is 0 Å². The van der Waals surface area contributed by atoms with Crippen molar-refractivity contribution in [2.75, 3.05) is 39.1 Å². The van der Waals surface area contributed by atoms with E-state index in [-0.39, 0.29) is 5.97 Å². The molecule has 20 heavy (non-hydrogen) atoms. The summed E-state index contributed by atoms with van der Waals surface area (Å²) in [6, 6.07) is 7.09. The quantitative estimate of drug-likeness (QED) is 0.520. The van der Waals surface area contributed by atoms with Crippen LogP contribution in [0.15, 0.2) is 24.3 Å². The van der Waals surface area contributed by atoms with Crippen molar-refractivity contribution in [2.24, 2.45) is 0 Å². The Hall–Kier alpha value is -1.66. The minimum Gasteiger partial charge on any atom is -0.462 e. The molecule has 0 radical (unpaired) electrons. The third kappa shape index (κ3) is 5.99. The minimum absolute atomic E-state index is 0.328. The molecule has 0 aliphatic heterocycles. The van der Waals surface area contributed by atoms with Crippen LogP contribution in [-0.2, 0) is 4.74 Å². The number of quaternary nitrogens is 1. The summed E-state index contributed by atoms with van der Waals surface area (Å²) in [4.78, 5) is 13.0. The first-order chi connectivity index (χ1) is 9.52. The van der Waals surface area contributed by atoms with Crippen LogP contribution in [0.4, 0.5) is 5.69 Å². The van der Waals surface area contributed by atoms with Gasteiger partial charge in [0.15, 0.2) is 5.11 Å². The van der Waals surface area contributed by atoms with E-state index in [0.29, 0.717) is 17.3 Å². The highest BCUT2D eigenvalue weighted by Crippen LogP contribution is 2.11. The van der Waals surface area contributed by atoms with Gasteiger partial charge in [0.25, 0.3) is 0 Å². The summed E-state index contributed by atoms with van der Waals surface area (Å²) in [5, 5.41) is 6.72. The summed E-state index contributed by atoms with van der Waals surface area (Å²) in [7, 11) is 4.17. The maximum Gasteiger partial charge on any atom is 0.338 e. The molecule has 1 rings (SSSR count). The van der Waals surface area contributed by atoms with E-state index in [1.54, 1.807) is 25.1 Å². The van der Waals surface area contributed by atoms with Crippen LogP contribution in [0, 0.1) is 0 Å². The Labute approximate surface area is 125 Å². The number of rotatable bonds is 6. The summed E-state index contributed by atoms with van der Waals surface area (Å²) in [6.45, 7) is 3.92. The van der Waals surface area contributed by atoms with E-state index in [1.807, 2.05) is 6.07 Å². The molecular formula is C14H22N3O2S+. The standard InChI is InChI=1S/C14H21N3O2S/c1-4-19-13(18)11-6-5-7-12(10-11)16-14(20)15-8-9-17(2)3/h5-7,10H,4,8-9H2,1-3H3,(H2,15,16,20)/p+1. The first kappa shape index (κ1) is 16.4. The molecule has 1 aromatic rings. The Morgan fingerprint density at radius 3 is 2.80 bits per heavy atom. The van der Waals surface area contributed by atoms with E-state index in [9.17, 15) is 4.79 Å². The normalized spacial score (nSPS) is 10.2. The summed E-state index contributed by atoms with van der Waals surface area (Å²) in [6.07, 6.45) is 0. The Morgan fingerprint density at radius 2 is 2.15 bits per heavy atom. The second-order valence-electron chi connectivity index (χ2n) is 4.64. The first-order valence-corrected chi connectivity index (χ1v) is 7.04. The summed E-state index contributed by atoms with van der Waals surface area (Å²) >= 11 is 5.20. The Morgan fingerprint density at radius 1 is 1.40 bits per heavy atom. The highest BCUT2D eigenvalue weighted by atomic mass is 32.1. The van der Waals surface area contributed by atoms with Crippen LogP contribution in [0.2, 0.25) is 0 Å². The Kier molecular flexibility index (Phi) is 6.97. The molecule has 0 fully saturated rings. The van der Waals surface area contributed by atoms with Gasteiger partial charge in [0.05, 0.1) is 39.4 Å². The van der Waals surface area contributed by atoms with Crippen molar-refractivity contribution in [3.05, 3.63) is 29.8 Å². The number of ether oxygens (including phenoxy) is 1. The summed E-state index contributed by atoms with van der Waals surface area (Å²) in [5.74, 6) is -0.328. The fraction of sp³-hybridized carbons (Fsp3) is 0.429. The van der Waals surface area contributed by atoms with Gasteiger partial charge >= 0.3 is 5.97 Å². The van der Waals surface area contributed by atoms with Crippen molar-refractivity contribution in [3.8, 4) is 0 Å². The monoisotopic (exact) mass is 296 g/mol. The third-order valence-electron chi connectivity index (χ3n) is 2.54. The van der Waals surface area contributed by atoms with Crippen molar-refractivity contribution in [1.29, 1.82) is 0 Å². The van der Waals surface area contributed by atoms with Crippen molar-refractivity contribution in [2.45, 2.75) is 6.92 Å². The number of nitrogens with one attached hydrogen (secondary N) is 3.